The van der Waals surface area contributed by atoms with E-state index in [1.807, 2.05) is 32.0 Å². The number of benzene rings is 1. The van der Waals surface area contributed by atoms with E-state index in [4.69, 9.17) is 0 Å². The maximum absolute atomic E-state index is 11.3. The molecule has 2 N–H and O–H groups in total. The van der Waals surface area contributed by atoms with Crippen molar-refractivity contribution < 1.29 is 4.79 Å². The maximum atomic E-state index is 11.3. The van der Waals surface area contributed by atoms with Crippen LogP contribution < -0.4 is 10.6 Å². The molecule has 18 heavy (non-hydrogen) atoms. The molecule has 0 fully saturated rings. The summed E-state index contributed by atoms with van der Waals surface area (Å²) >= 11 is 0. The number of hydrogen-bond donors (Lipinski definition) is 2. The smallest absolute Gasteiger partial charge is 0.221 e. The van der Waals surface area contributed by atoms with Crippen molar-refractivity contribution in [3.8, 4) is 0 Å². The van der Waals surface area contributed by atoms with Gasteiger partial charge in [0.1, 0.15) is 0 Å². The molecule has 0 bridgehead atoms. The highest BCUT2D eigenvalue weighted by Gasteiger charge is 2.01. The third kappa shape index (κ3) is 6.86. The second-order valence-electron chi connectivity index (χ2n) is 4.49. The fourth-order valence-corrected chi connectivity index (χ4v) is 1.54. The number of carbonyl (C=O) groups excluding carboxylic acids is 1. The predicted molar refractivity (Wildman–Crippen MR) is 76.2 cm³/mol. The Kier molecular flexibility index (Phi) is 6.81. The van der Waals surface area contributed by atoms with E-state index < -0.39 is 0 Å². The summed E-state index contributed by atoms with van der Waals surface area (Å²) in [5.41, 5.74) is 1.19. The van der Waals surface area contributed by atoms with Gasteiger partial charge in [-0.1, -0.05) is 42.5 Å². The first-order valence-electron chi connectivity index (χ1n) is 6.40. The number of nitrogens with one attached hydrogen (secondary N) is 2. The Morgan fingerprint density at radius 1 is 1.28 bits per heavy atom. The van der Waals surface area contributed by atoms with E-state index in [1.165, 1.54) is 5.56 Å². The van der Waals surface area contributed by atoms with Crippen LogP contribution in [0.3, 0.4) is 0 Å². The van der Waals surface area contributed by atoms with Gasteiger partial charge in [-0.15, -0.1) is 0 Å². The summed E-state index contributed by atoms with van der Waals surface area (Å²) in [6.07, 6.45) is 4.66. The molecule has 0 saturated carbocycles. The summed E-state index contributed by atoms with van der Waals surface area (Å²) in [7, 11) is 0. The van der Waals surface area contributed by atoms with Gasteiger partial charge in [-0.25, -0.2) is 0 Å². The van der Waals surface area contributed by atoms with E-state index in [-0.39, 0.29) is 11.9 Å². The topological polar surface area (TPSA) is 41.1 Å². The fraction of sp³-hybridized carbons (Fsp3) is 0.400. The van der Waals surface area contributed by atoms with Gasteiger partial charge in [0.05, 0.1) is 0 Å². The molecule has 0 aromatic heterocycles. The van der Waals surface area contributed by atoms with Crippen molar-refractivity contribution in [2.24, 2.45) is 0 Å². The third-order valence-electron chi connectivity index (χ3n) is 2.35. The first-order chi connectivity index (χ1) is 8.68. The van der Waals surface area contributed by atoms with Gasteiger partial charge < -0.3 is 10.6 Å². The van der Waals surface area contributed by atoms with Crippen molar-refractivity contribution in [1.29, 1.82) is 0 Å². The van der Waals surface area contributed by atoms with Gasteiger partial charge in [0.15, 0.2) is 0 Å². The summed E-state index contributed by atoms with van der Waals surface area (Å²) in [5.74, 6) is 0.101. The van der Waals surface area contributed by atoms with Gasteiger partial charge in [0.2, 0.25) is 5.91 Å². The molecule has 0 aliphatic rings. The summed E-state index contributed by atoms with van der Waals surface area (Å²) in [4.78, 5) is 11.3. The minimum atomic E-state index is 0.101. The van der Waals surface area contributed by atoms with Gasteiger partial charge >= 0.3 is 0 Å². The van der Waals surface area contributed by atoms with E-state index in [0.29, 0.717) is 13.0 Å². The zero-order valence-electron chi connectivity index (χ0n) is 11.1. The van der Waals surface area contributed by atoms with E-state index in [2.05, 4.69) is 34.9 Å². The lowest BCUT2D eigenvalue weighted by Gasteiger charge is -2.07. The summed E-state index contributed by atoms with van der Waals surface area (Å²) in [5, 5.41) is 6.07. The van der Waals surface area contributed by atoms with E-state index in [1.54, 1.807) is 0 Å². The molecule has 0 saturated heterocycles. The fourth-order valence-electron chi connectivity index (χ4n) is 1.54. The van der Waals surface area contributed by atoms with E-state index >= 15 is 0 Å². The number of rotatable bonds is 7. The molecule has 0 spiro atoms. The molecule has 0 aliphatic carbocycles. The van der Waals surface area contributed by atoms with Crippen molar-refractivity contribution in [3.05, 3.63) is 42.0 Å². The SMILES string of the molecule is CC(C)NC(=O)CCNC/C=C/c1ccccc1. The van der Waals surface area contributed by atoms with Gasteiger partial charge in [-0.05, 0) is 19.4 Å². The van der Waals surface area contributed by atoms with Crippen molar-refractivity contribution in [2.75, 3.05) is 13.1 Å². The molecule has 0 atom stereocenters. The average Bonchev–Trinajstić information content (AvgIpc) is 2.34. The Morgan fingerprint density at radius 3 is 2.67 bits per heavy atom. The maximum Gasteiger partial charge on any atom is 0.221 e. The number of hydrogen-bond acceptors (Lipinski definition) is 2. The lowest BCUT2D eigenvalue weighted by atomic mass is 10.2. The van der Waals surface area contributed by atoms with Crippen molar-refractivity contribution >= 4 is 12.0 Å². The van der Waals surface area contributed by atoms with Crippen LogP contribution in [0.25, 0.3) is 6.08 Å². The highest BCUT2D eigenvalue weighted by molar-refractivity contribution is 5.76. The minimum Gasteiger partial charge on any atom is -0.354 e. The molecule has 3 heteroatoms. The zero-order chi connectivity index (χ0) is 13.2. The Labute approximate surface area is 109 Å². The molecule has 0 aliphatic heterocycles. The first kappa shape index (κ1) is 14.5. The third-order valence-corrected chi connectivity index (χ3v) is 2.35. The molecule has 0 unspecified atom stereocenters. The first-order valence-corrected chi connectivity index (χ1v) is 6.40. The second-order valence-corrected chi connectivity index (χ2v) is 4.49. The Hall–Kier alpha value is -1.61. The highest BCUT2D eigenvalue weighted by Crippen LogP contribution is 1.99. The Morgan fingerprint density at radius 2 is 2.00 bits per heavy atom. The Balaban J connectivity index is 2.09. The van der Waals surface area contributed by atoms with Gasteiger partial charge in [-0.3, -0.25) is 4.79 Å². The lowest BCUT2D eigenvalue weighted by Crippen LogP contribution is -2.32. The van der Waals surface area contributed by atoms with Crippen LogP contribution in [0.15, 0.2) is 36.4 Å². The van der Waals surface area contributed by atoms with Crippen molar-refractivity contribution in [3.63, 3.8) is 0 Å². The summed E-state index contributed by atoms with van der Waals surface area (Å²) in [6.45, 7) is 5.42. The molecule has 1 amide bonds. The summed E-state index contributed by atoms with van der Waals surface area (Å²) < 4.78 is 0. The number of carbonyl (C=O) groups is 1. The number of amides is 1. The van der Waals surface area contributed by atoms with Gasteiger partial charge in [0, 0.05) is 25.6 Å². The Bertz CT molecular complexity index is 371. The molecular formula is C15H22N2O. The van der Waals surface area contributed by atoms with Crippen LogP contribution in [-0.4, -0.2) is 25.0 Å². The van der Waals surface area contributed by atoms with Gasteiger partial charge in [0.25, 0.3) is 0 Å². The largest absolute Gasteiger partial charge is 0.354 e. The molecule has 1 aromatic rings. The van der Waals surface area contributed by atoms with E-state index in [9.17, 15) is 4.79 Å². The summed E-state index contributed by atoms with van der Waals surface area (Å²) in [6, 6.07) is 10.4. The molecule has 0 radical (unpaired) electrons. The normalized spacial score (nSPS) is 11.1. The van der Waals surface area contributed by atoms with Crippen LogP contribution in [0.1, 0.15) is 25.8 Å². The quantitative estimate of drug-likeness (QED) is 0.724. The van der Waals surface area contributed by atoms with Crippen molar-refractivity contribution in [2.45, 2.75) is 26.3 Å². The van der Waals surface area contributed by atoms with Crippen LogP contribution in [0.4, 0.5) is 0 Å². The van der Waals surface area contributed by atoms with Crippen molar-refractivity contribution in [1.82, 2.24) is 10.6 Å². The van der Waals surface area contributed by atoms with Crippen LogP contribution in [-0.2, 0) is 4.79 Å². The van der Waals surface area contributed by atoms with Gasteiger partial charge in [-0.2, -0.15) is 0 Å². The predicted octanol–water partition coefficient (Wildman–Crippen LogP) is 2.20. The molecule has 3 nitrogen and oxygen atoms in total. The van der Waals surface area contributed by atoms with Crippen LogP contribution >= 0.6 is 0 Å². The van der Waals surface area contributed by atoms with E-state index in [0.717, 1.165) is 6.54 Å². The molecule has 98 valence electrons. The molecule has 1 rings (SSSR count). The van der Waals surface area contributed by atoms with Crippen LogP contribution in [0, 0.1) is 0 Å². The van der Waals surface area contributed by atoms with Crippen LogP contribution in [0.2, 0.25) is 0 Å². The molecule has 0 heterocycles. The molecule has 1 aromatic carbocycles. The average molecular weight is 246 g/mol. The van der Waals surface area contributed by atoms with Crippen LogP contribution in [0.5, 0.6) is 0 Å². The lowest BCUT2D eigenvalue weighted by molar-refractivity contribution is -0.121. The minimum absolute atomic E-state index is 0.101. The highest BCUT2D eigenvalue weighted by atomic mass is 16.1. The monoisotopic (exact) mass is 246 g/mol. The second kappa shape index (κ2) is 8.48. The molecular weight excluding hydrogens is 224 g/mol. The zero-order valence-corrected chi connectivity index (χ0v) is 11.1. The standard InChI is InChI=1S/C15H22N2O/c1-13(2)17-15(18)10-12-16-11-6-9-14-7-4-3-5-8-14/h3-9,13,16H,10-12H2,1-2H3,(H,17,18)/b9-6+.